The van der Waals surface area contributed by atoms with Gasteiger partial charge in [0.25, 0.3) is 0 Å². The molecule has 148 valence electrons. The molecule has 0 unspecified atom stereocenters. The fraction of sp³-hybridized carbons (Fsp3) is 0.185. The van der Waals surface area contributed by atoms with Crippen molar-refractivity contribution in [2.45, 2.75) is 30.6 Å². The van der Waals surface area contributed by atoms with Crippen LogP contribution in [0, 0.1) is 11.3 Å². The quantitative estimate of drug-likeness (QED) is 0.333. The van der Waals surface area contributed by atoms with Gasteiger partial charge in [0.2, 0.25) is 0 Å². The molecule has 0 fully saturated rings. The summed E-state index contributed by atoms with van der Waals surface area (Å²) in [4.78, 5) is 5.94. The molecule has 2 nitrogen and oxygen atoms in total. The summed E-state index contributed by atoms with van der Waals surface area (Å²) in [6, 6.07) is 28.0. The van der Waals surface area contributed by atoms with E-state index in [2.05, 4.69) is 84.0 Å². The van der Waals surface area contributed by atoms with Gasteiger partial charge < -0.3 is 0 Å². The van der Waals surface area contributed by atoms with Gasteiger partial charge in [0.05, 0.1) is 17.0 Å². The van der Waals surface area contributed by atoms with Crippen LogP contribution in [0.25, 0.3) is 22.0 Å². The van der Waals surface area contributed by atoms with Crippen molar-refractivity contribution in [3.63, 3.8) is 0 Å². The normalized spacial score (nSPS) is 11.4. The molecule has 0 atom stereocenters. The lowest BCUT2D eigenvalue weighted by Gasteiger charge is -2.19. The van der Waals surface area contributed by atoms with Crippen LogP contribution >= 0.6 is 11.8 Å². The van der Waals surface area contributed by atoms with Gasteiger partial charge in [-0.2, -0.15) is 5.26 Å². The molecule has 0 aliphatic rings. The first-order chi connectivity index (χ1) is 14.5. The highest BCUT2D eigenvalue weighted by Gasteiger charge is 2.22. The van der Waals surface area contributed by atoms with E-state index >= 15 is 0 Å². The Kier molecular flexibility index (Phi) is 5.61. The Morgan fingerprint density at radius 2 is 1.70 bits per heavy atom. The second kappa shape index (κ2) is 8.34. The minimum atomic E-state index is -0.561. The number of nitrogens with zero attached hydrogens (tertiary/aromatic N) is 2. The second-order valence-corrected chi connectivity index (χ2v) is 8.94. The van der Waals surface area contributed by atoms with Gasteiger partial charge in [-0.05, 0) is 79.1 Å². The lowest BCUT2D eigenvalue weighted by molar-refractivity contribution is 0.688. The van der Waals surface area contributed by atoms with Crippen molar-refractivity contribution in [3.8, 4) is 17.2 Å². The summed E-state index contributed by atoms with van der Waals surface area (Å²) in [5, 5.41) is 10.7. The topological polar surface area (TPSA) is 36.7 Å². The zero-order valence-electron chi connectivity index (χ0n) is 17.5. The van der Waals surface area contributed by atoms with Crippen LogP contribution in [0.2, 0.25) is 0 Å². The van der Waals surface area contributed by atoms with E-state index in [0.717, 1.165) is 34.0 Å². The monoisotopic (exact) mass is 408 g/mol. The second-order valence-electron chi connectivity index (χ2n) is 8.06. The molecular weight excluding hydrogens is 384 g/mol. The molecule has 3 heteroatoms. The van der Waals surface area contributed by atoms with Crippen LogP contribution in [-0.4, -0.2) is 11.2 Å². The molecule has 1 heterocycles. The van der Waals surface area contributed by atoms with Crippen molar-refractivity contribution in [1.82, 2.24) is 4.98 Å². The number of aromatic nitrogens is 1. The van der Waals surface area contributed by atoms with E-state index in [0.29, 0.717) is 0 Å². The maximum absolute atomic E-state index is 9.66. The van der Waals surface area contributed by atoms with Crippen molar-refractivity contribution in [1.29, 1.82) is 5.26 Å². The van der Waals surface area contributed by atoms with Crippen molar-refractivity contribution >= 4 is 22.7 Å². The Morgan fingerprint density at radius 1 is 0.933 bits per heavy atom. The standard InChI is InChI=1S/C27H24N2S/c1-27(2,18-28)23-16-22-10-6-12-29-26(22)25(17-23)21-9-4-7-19(14-21)13-20-8-5-11-24(15-20)30-3/h4-12,14-17H,13H2,1-3H3. The Labute approximate surface area is 182 Å². The van der Waals surface area contributed by atoms with Gasteiger partial charge in [0.15, 0.2) is 0 Å². The summed E-state index contributed by atoms with van der Waals surface area (Å²) in [6.45, 7) is 3.92. The number of pyridine rings is 1. The third-order valence-electron chi connectivity index (χ3n) is 5.49. The lowest BCUT2D eigenvalue weighted by Crippen LogP contribution is -2.14. The Hall–Kier alpha value is -3.09. The molecular formula is C27H24N2S. The molecule has 4 rings (SSSR count). The van der Waals surface area contributed by atoms with Gasteiger partial charge in [-0.3, -0.25) is 4.98 Å². The molecule has 0 spiro atoms. The van der Waals surface area contributed by atoms with E-state index in [1.165, 1.54) is 16.0 Å². The molecule has 0 saturated carbocycles. The summed E-state index contributed by atoms with van der Waals surface area (Å²) < 4.78 is 0. The Morgan fingerprint density at radius 3 is 2.47 bits per heavy atom. The van der Waals surface area contributed by atoms with Crippen molar-refractivity contribution < 1.29 is 0 Å². The van der Waals surface area contributed by atoms with Crippen molar-refractivity contribution in [3.05, 3.63) is 95.7 Å². The number of rotatable bonds is 5. The predicted octanol–water partition coefficient (Wildman–Crippen LogP) is 7.02. The highest BCUT2D eigenvalue weighted by atomic mass is 32.2. The van der Waals surface area contributed by atoms with E-state index in [1.54, 1.807) is 11.8 Å². The van der Waals surface area contributed by atoms with E-state index in [9.17, 15) is 5.26 Å². The highest BCUT2D eigenvalue weighted by molar-refractivity contribution is 7.98. The molecule has 4 aromatic rings. The van der Waals surface area contributed by atoms with Gasteiger partial charge in [-0.25, -0.2) is 0 Å². The summed E-state index contributed by atoms with van der Waals surface area (Å²) >= 11 is 1.77. The van der Waals surface area contributed by atoms with Crippen LogP contribution in [0.4, 0.5) is 0 Å². The summed E-state index contributed by atoms with van der Waals surface area (Å²) in [5.74, 6) is 0. The maximum atomic E-state index is 9.66. The third kappa shape index (κ3) is 4.10. The average molecular weight is 409 g/mol. The van der Waals surface area contributed by atoms with E-state index in [-0.39, 0.29) is 0 Å². The third-order valence-corrected chi connectivity index (χ3v) is 6.21. The van der Waals surface area contributed by atoms with Crippen LogP contribution in [0.3, 0.4) is 0 Å². The minimum absolute atomic E-state index is 0.561. The molecule has 0 saturated heterocycles. The first-order valence-corrected chi connectivity index (χ1v) is 11.3. The predicted molar refractivity (Wildman–Crippen MR) is 127 cm³/mol. The number of hydrogen-bond acceptors (Lipinski definition) is 3. The summed E-state index contributed by atoms with van der Waals surface area (Å²) in [5.41, 5.74) is 6.20. The minimum Gasteiger partial charge on any atom is -0.256 e. The largest absolute Gasteiger partial charge is 0.256 e. The van der Waals surface area contributed by atoms with Crippen molar-refractivity contribution in [2.75, 3.05) is 6.26 Å². The van der Waals surface area contributed by atoms with E-state index < -0.39 is 5.41 Å². The summed E-state index contributed by atoms with van der Waals surface area (Å²) in [6.07, 6.45) is 4.82. The van der Waals surface area contributed by atoms with Crippen LogP contribution in [0.15, 0.2) is 83.9 Å². The number of benzene rings is 3. The number of thioether (sulfide) groups is 1. The van der Waals surface area contributed by atoms with Gasteiger partial charge >= 0.3 is 0 Å². The Balaban J connectivity index is 1.80. The zero-order chi connectivity index (χ0) is 21.1. The van der Waals surface area contributed by atoms with Crippen LogP contribution < -0.4 is 0 Å². The SMILES string of the molecule is CSc1cccc(Cc2cccc(-c3cc(C(C)(C)C#N)cc4cccnc34)c2)c1. The van der Waals surface area contributed by atoms with Crippen LogP contribution in [0.1, 0.15) is 30.5 Å². The molecule has 30 heavy (non-hydrogen) atoms. The van der Waals surface area contributed by atoms with Gasteiger partial charge in [-0.1, -0.05) is 42.5 Å². The molecule has 0 amide bonds. The lowest BCUT2D eigenvalue weighted by atomic mass is 9.83. The molecule has 0 bridgehead atoms. The number of nitriles is 1. The highest BCUT2D eigenvalue weighted by Crippen LogP contribution is 2.34. The molecule has 0 N–H and O–H groups in total. The summed E-state index contributed by atoms with van der Waals surface area (Å²) in [7, 11) is 0. The zero-order valence-corrected chi connectivity index (χ0v) is 18.3. The first kappa shape index (κ1) is 20.2. The van der Waals surface area contributed by atoms with Crippen LogP contribution in [-0.2, 0) is 11.8 Å². The van der Waals surface area contributed by atoms with E-state index in [4.69, 9.17) is 0 Å². The van der Waals surface area contributed by atoms with Crippen molar-refractivity contribution in [2.24, 2.45) is 0 Å². The number of fused-ring (bicyclic) bond motifs is 1. The fourth-order valence-electron chi connectivity index (χ4n) is 3.70. The average Bonchev–Trinajstić information content (AvgIpc) is 2.78. The van der Waals surface area contributed by atoms with Gasteiger partial charge in [0.1, 0.15) is 0 Å². The number of hydrogen-bond donors (Lipinski definition) is 0. The smallest absolute Gasteiger partial charge is 0.0780 e. The van der Waals surface area contributed by atoms with E-state index in [1.807, 2.05) is 26.1 Å². The molecule has 3 aromatic carbocycles. The molecule has 0 aliphatic heterocycles. The first-order valence-electron chi connectivity index (χ1n) is 10.0. The van der Waals surface area contributed by atoms with Gasteiger partial charge in [-0.15, -0.1) is 11.8 Å². The Bertz CT molecular complexity index is 1250. The molecule has 1 aromatic heterocycles. The molecule has 0 radical (unpaired) electrons. The fourth-order valence-corrected chi connectivity index (χ4v) is 4.19. The maximum Gasteiger partial charge on any atom is 0.0780 e. The van der Waals surface area contributed by atoms with Gasteiger partial charge in [0, 0.05) is 22.0 Å². The van der Waals surface area contributed by atoms with Crippen LogP contribution in [0.5, 0.6) is 0 Å². The molecule has 0 aliphatic carbocycles.